The highest BCUT2D eigenvalue weighted by atomic mass is 32.1. The minimum absolute atomic E-state index is 0.326. The lowest BCUT2D eigenvalue weighted by molar-refractivity contribution is 0.245. The van der Waals surface area contributed by atoms with Crippen molar-refractivity contribution in [2.75, 3.05) is 13.1 Å². The van der Waals surface area contributed by atoms with Gasteiger partial charge in [0.25, 0.3) is 0 Å². The van der Waals surface area contributed by atoms with Crippen LogP contribution in [0.15, 0.2) is 10.0 Å². The highest BCUT2D eigenvalue weighted by molar-refractivity contribution is 7.09. The van der Waals surface area contributed by atoms with Crippen molar-refractivity contribution in [3.8, 4) is 0 Å². The summed E-state index contributed by atoms with van der Waals surface area (Å²) in [5, 5.41) is 4.14. The molecule has 1 aliphatic rings. The zero-order valence-electron chi connectivity index (χ0n) is 12.0. The van der Waals surface area contributed by atoms with Crippen LogP contribution in [0.1, 0.15) is 48.1 Å². The van der Waals surface area contributed by atoms with Gasteiger partial charge in [-0.25, -0.2) is 4.98 Å². The first-order chi connectivity index (χ1) is 9.78. The highest BCUT2D eigenvalue weighted by Crippen LogP contribution is 2.30. The van der Waals surface area contributed by atoms with Crippen LogP contribution in [0, 0.1) is 6.92 Å². The molecule has 0 amide bonds. The summed E-state index contributed by atoms with van der Waals surface area (Å²) in [7, 11) is 0. The summed E-state index contributed by atoms with van der Waals surface area (Å²) in [5.74, 6) is 1.60. The Kier molecular flexibility index (Phi) is 4.12. The standard InChI is InChI=1S/C14H20N4OS/c1-3-13-16-14(17-19-13)11-5-4-7-18(11)8-6-12-10(2)15-9-20-12/h9,11H,3-8H2,1-2H3. The van der Waals surface area contributed by atoms with Crippen LogP contribution >= 0.6 is 11.3 Å². The minimum Gasteiger partial charge on any atom is -0.339 e. The van der Waals surface area contributed by atoms with E-state index in [-0.39, 0.29) is 0 Å². The van der Waals surface area contributed by atoms with Gasteiger partial charge in [0.15, 0.2) is 5.82 Å². The Bertz CT molecular complexity index is 565. The molecule has 5 nitrogen and oxygen atoms in total. The van der Waals surface area contributed by atoms with Gasteiger partial charge in [-0.1, -0.05) is 12.1 Å². The monoisotopic (exact) mass is 292 g/mol. The summed E-state index contributed by atoms with van der Waals surface area (Å²) in [6.07, 6.45) is 4.21. The summed E-state index contributed by atoms with van der Waals surface area (Å²) in [6, 6.07) is 0.326. The van der Waals surface area contributed by atoms with Crippen LogP contribution in [0.2, 0.25) is 0 Å². The van der Waals surface area contributed by atoms with Crippen molar-refractivity contribution in [1.29, 1.82) is 0 Å². The zero-order valence-corrected chi connectivity index (χ0v) is 12.8. The fraction of sp³-hybridized carbons (Fsp3) is 0.643. The summed E-state index contributed by atoms with van der Waals surface area (Å²) in [5.41, 5.74) is 3.09. The van der Waals surface area contributed by atoms with Gasteiger partial charge in [0, 0.05) is 17.8 Å². The number of likely N-dealkylation sites (tertiary alicyclic amines) is 1. The summed E-state index contributed by atoms with van der Waals surface area (Å²) in [4.78, 5) is 12.7. The fourth-order valence-corrected chi connectivity index (χ4v) is 3.51. The second-order valence-corrected chi connectivity index (χ2v) is 6.14. The van der Waals surface area contributed by atoms with Crippen molar-refractivity contribution in [3.63, 3.8) is 0 Å². The number of rotatable bonds is 5. The third kappa shape index (κ3) is 2.76. The summed E-state index contributed by atoms with van der Waals surface area (Å²) in [6.45, 7) is 6.29. The van der Waals surface area contributed by atoms with E-state index in [1.54, 1.807) is 11.3 Å². The molecule has 0 aromatic carbocycles. The Hall–Kier alpha value is -1.27. The predicted molar refractivity (Wildman–Crippen MR) is 77.8 cm³/mol. The van der Waals surface area contributed by atoms with E-state index in [1.165, 1.54) is 17.0 Å². The molecule has 6 heteroatoms. The molecule has 0 bridgehead atoms. The maximum absolute atomic E-state index is 5.25. The van der Waals surface area contributed by atoms with Crippen molar-refractivity contribution in [1.82, 2.24) is 20.0 Å². The maximum atomic E-state index is 5.25. The second kappa shape index (κ2) is 6.01. The molecule has 1 unspecified atom stereocenters. The Labute approximate surface area is 123 Å². The first-order valence-corrected chi connectivity index (χ1v) is 8.11. The number of aryl methyl sites for hydroxylation is 2. The molecule has 0 spiro atoms. The molecule has 3 rings (SSSR count). The van der Waals surface area contributed by atoms with Gasteiger partial charge < -0.3 is 4.52 Å². The molecule has 108 valence electrons. The molecule has 1 saturated heterocycles. The van der Waals surface area contributed by atoms with Crippen LogP contribution in [0.4, 0.5) is 0 Å². The van der Waals surface area contributed by atoms with E-state index >= 15 is 0 Å². The van der Waals surface area contributed by atoms with Crippen LogP contribution in [0.5, 0.6) is 0 Å². The average molecular weight is 292 g/mol. The van der Waals surface area contributed by atoms with Crippen molar-refractivity contribution in [3.05, 3.63) is 27.8 Å². The van der Waals surface area contributed by atoms with Gasteiger partial charge in [-0.15, -0.1) is 11.3 Å². The van der Waals surface area contributed by atoms with Gasteiger partial charge in [0.1, 0.15) is 0 Å². The first kappa shape index (κ1) is 13.7. The summed E-state index contributed by atoms with van der Waals surface area (Å²) < 4.78 is 5.25. The Morgan fingerprint density at radius 1 is 1.50 bits per heavy atom. The predicted octanol–water partition coefficient (Wildman–Crippen LogP) is 2.78. The Balaban J connectivity index is 1.65. The Morgan fingerprint density at radius 2 is 2.40 bits per heavy atom. The van der Waals surface area contributed by atoms with Crippen LogP contribution in [-0.2, 0) is 12.8 Å². The molecule has 0 saturated carbocycles. The van der Waals surface area contributed by atoms with Crippen molar-refractivity contribution >= 4 is 11.3 Å². The van der Waals surface area contributed by atoms with E-state index in [2.05, 4.69) is 26.9 Å². The van der Waals surface area contributed by atoms with Gasteiger partial charge in [-0.05, 0) is 32.7 Å². The lowest BCUT2D eigenvalue weighted by Gasteiger charge is -2.21. The van der Waals surface area contributed by atoms with Gasteiger partial charge in [-0.3, -0.25) is 4.90 Å². The highest BCUT2D eigenvalue weighted by Gasteiger charge is 2.29. The molecule has 0 N–H and O–H groups in total. The van der Waals surface area contributed by atoms with Crippen LogP contribution in [0.3, 0.4) is 0 Å². The van der Waals surface area contributed by atoms with Crippen LogP contribution < -0.4 is 0 Å². The quantitative estimate of drug-likeness (QED) is 0.848. The lowest BCUT2D eigenvalue weighted by Crippen LogP contribution is -2.26. The zero-order chi connectivity index (χ0) is 13.9. The normalized spacial score (nSPS) is 19.8. The SMILES string of the molecule is CCc1nc(C2CCCN2CCc2scnc2C)no1. The third-order valence-electron chi connectivity index (χ3n) is 3.92. The van der Waals surface area contributed by atoms with Crippen molar-refractivity contribution in [2.24, 2.45) is 0 Å². The van der Waals surface area contributed by atoms with Gasteiger partial charge in [0.05, 0.1) is 17.2 Å². The molecule has 1 atom stereocenters. The fourth-order valence-electron chi connectivity index (χ4n) is 2.74. The van der Waals surface area contributed by atoms with E-state index in [4.69, 9.17) is 4.52 Å². The topological polar surface area (TPSA) is 55.1 Å². The molecule has 1 fully saturated rings. The van der Waals surface area contributed by atoms with E-state index in [9.17, 15) is 0 Å². The maximum Gasteiger partial charge on any atom is 0.226 e. The molecular weight excluding hydrogens is 272 g/mol. The van der Waals surface area contributed by atoms with Gasteiger partial charge >= 0.3 is 0 Å². The van der Waals surface area contributed by atoms with Gasteiger partial charge in [-0.2, -0.15) is 4.98 Å². The molecule has 0 aliphatic carbocycles. The first-order valence-electron chi connectivity index (χ1n) is 7.23. The van der Waals surface area contributed by atoms with E-state index in [0.717, 1.165) is 44.1 Å². The number of aromatic nitrogens is 3. The lowest BCUT2D eigenvalue weighted by atomic mass is 10.2. The van der Waals surface area contributed by atoms with E-state index in [0.29, 0.717) is 6.04 Å². The summed E-state index contributed by atoms with van der Waals surface area (Å²) >= 11 is 1.75. The van der Waals surface area contributed by atoms with Crippen molar-refractivity contribution < 1.29 is 4.52 Å². The molecule has 20 heavy (non-hydrogen) atoms. The molecule has 3 heterocycles. The number of nitrogens with zero attached hydrogens (tertiary/aromatic N) is 4. The van der Waals surface area contributed by atoms with Crippen molar-refractivity contribution in [2.45, 2.75) is 45.6 Å². The van der Waals surface area contributed by atoms with E-state index < -0.39 is 0 Å². The van der Waals surface area contributed by atoms with Gasteiger partial charge in [0.2, 0.25) is 5.89 Å². The molecule has 1 aliphatic heterocycles. The molecule has 2 aromatic rings. The third-order valence-corrected chi connectivity index (χ3v) is 4.91. The molecule has 2 aromatic heterocycles. The number of thiazole rings is 1. The number of hydrogen-bond donors (Lipinski definition) is 0. The second-order valence-electron chi connectivity index (χ2n) is 5.20. The smallest absolute Gasteiger partial charge is 0.226 e. The molecular formula is C14H20N4OS. The minimum atomic E-state index is 0.326. The number of hydrogen-bond acceptors (Lipinski definition) is 6. The van der Waals surface area contributed by atoms with Crippen LogP contribution in [-0.4, -0.2) is 33.1 Å². The largest absolute Gasteiger partial charge is 0.339 e. The van der Waals surface area contributed by atoms with Crippen LogP contribution in [0.25, 0.3) is 0 Å². The van der Waals surface area contributed by atoms with E-state index in [1.807, 2.05) is 12.4 Å². The molecule has 0 radical (unpaired) electrons. The average Bonchev–Trinajstić information content (AvgIpc) is 3.16. The Morgan fingerprint density at radius 3 is 3.10 bits per heavy atom.